The summed E-state index contributed by atoms with van der Waals surface area (Å²) in [6, 6.07) is 10.5. The van der Waals surface area contributed by atoms with E-state index in [1.54, 1.807) is 19.3 Å². The number of para-hydroxylation sites is 1. The predicted molar refractivity (Wildman–Crippen MR) is 116 cm³/mol. The Bertz CT molecular complexity index is 936. The summed E-state index contributed by atoms with van der Waals surface area (Å²) < 4.78 is 11.4. The highest BCUT2D eigenvalue weighted by Gasteiger charge is 2.31. The monoisotopic (exact) mass is 409 g/mol. The third-order valence-corrected chi connectivity index (χ3v) is 5.14. The summed E-state index contributed by atoms with van der Waals surface area (Å²) in [6.45, 7) is 11.2. The lowest BCUT2D eigenvalue weighted by Crippen LogP contribution is -3.11. The van der Waals surface area contributed by atoms with Gasteiger partial charge in [-0.25, -0.2) is 0 Å². The summed E-state index contributed by atoms with van der Waals surface area (Å²) in [4.78, 5) is 14.3. The molecule has 1 aliphatic rings. The number of carbonyl (C=O) groups is 1. The van der Waals surface area contributed by atoms with Crippen LogP contribution in [0.5, 0.6) is 17.2 Å². The molecule has 2 aromatic carbocycles. The van der Waals surface area contributed by atoms with Gasteiger partial charge in [-0.15, -0.1) is 0 Å². The van der Waals surface area contributed by atoms with E-state index < -0.39 is 0 Å². The maximum absolute atomic E-state index is 13.0. The molecule has 0 fully saturated rings. The van der Waals surface area contributed by atoms with Crippen LogP contribution in [0.4, 0.5) is 0 Å². The van der Waals surface area contributed by atoms with Crippen molar-refractivity contribution in [2.75, 3.05) is 20.2 Å². The lowest BCUT2D eigenvalue weighted by atomic mass is 10.0. The highest BCUT2D eigenvalue weighted by Crippen LogP contribution is 2.38. The average Bonchev–Trinajstić information content (AvgIpc) is 2.99. The molecule has 2 aromatic rings. The van der Waals surface area contributed by atoms with Crippen LogP contribution in [-0.4, -0.2) is 26.0 Å². The van der Waals surface area contributed by atoms with Crippen molar-refractivity contribution >= 4 is 11.9 Å². The molecule has 0 saturated carbocycles. The van der Waals surface area contributed by atoms with E-state index in [9.17, 15) is 9.90 Å². The number of quaternary nitrogens is 1. The Morgan fingerprint density at radius 3 is 2.37 bits per heavy atom. The second-order valence-electron chi connectivity index (χ2n) is 8.72. The lowest BCUT2D eigenvalue weighted by Gasteiger charge is -2.26. The van der Waals surface area contributed by atoms with Crippen molar-refractivity contribution in [1.29, 1.82) is 0 Å². The van der Waals surface area contributed by atoms with Gasteiger partial charge in [0.25, 0.3) is 0 Å². The first-order chi connectivity index (χ1) is 14.3. The van der Waals surface area contributed by atoms with Crippen LogP contribution in [0.2, 0.25) is 0 Å². The molecule has 0 unspecified atom stereocenters. The number of rotatable bonds is 8. The van der Waals surface area contributed by atoms with E-state index in [0.717, 1.165) is 18.7 Å². The number of hydrogen-bond donors (Lipinski definition) is 1. The molecular formula is C25H31NO4. The van der Waals surface area contributed by atoms with Gasteiger partial charge in [-0.05, 0) is 18.2 Å². The van der Waals surface area contributed by atoms with Gasteiger partial charge in [-0.2, -0.15) is 0 Å². The van der Waals surface area contributed by atoms with Crippen molar-refractivity contribution in [2.24, 2.45) is 11.8 Å². The van der Waals surface area contributed by atoms with Crippen LogP contribution in [0.25, 0.3) is 6.08 Å². The van der Waals surface area contributed by atoms with Gasteiger partial charge in [-0.3, -0.25) is 4.79 Å². The third kappa shape index (κ3) is 4.85. The first kappa shape index (κ1) is 21.9. The zero-order valence-corrected chi connectivity index (χ0v) is 18.5. The molecular weight excluding hydrogens is 378 g/mol. The van der Waals surface area contributed by atoms with Gasteiger partial charge in [0.1, 0.15) is 18.0 Å². The van der Waals surface area contributed by atoms with Crippen molar-refractivity contribution < 1.29 is 24.3 Å². The number of fused-ring (bicyclic) bond motifs is 1. The Hall–Kier alpha value is -2.79. The molecule has 5 heteroatoms. The fourth-order valence-corrected chi connectivity index (χ4v) is 4.02. The Morgan fingerprint density at radius 1 is 1.07 bits per heavy atom. The van der Waals surface area contributed by atoms with Crippen LogP contribution in [0, 0.1) is 11.8 Å². The Labute approximate surface area is 178 Å². The number of ether oxygens (including phenoxy) is 2. The van der Waals surface area contributed by atoms with Crippen molar-refractivity contribution in [3.8, 4) is 17.2 Å². The van der Waals surface area contributed by atoms with Crippen LogP contribution in [0.3, 0.4) is 0 Å². The highest BCUT2D eigenvalue weighted by molar-refractivity contribution is 6.15. The summed E-state index contributed by atoms with van der Waals surface area (Å²) in [5.41, 5.74) is 1.80. The summed E-state index contributed by atoms with van der Waals surface area (Å²) in [7, 11) is 1.59. The molecule has 160 valence electrons. The summed E-state index contributed by atoms with van der Waals surface area (Å²) in [5.74, 6) is 2.03. The van der Waals surface area contributed by atoms with Gasteiger partial charge >= 0.3 is 0 Å². The number of benzene rings is 2. The van der Waals surface area contributed by atoms with Crippen molar-refractivity contribution in [1.82, 2.24) is 0 Å². The number of Topliss-reactive ketones (excluding diaryl/α,β-unsaturated/α-hetero) is 1. The maximum Gasteiger partial charge on any atom is 0.231 e. The Balaban J connectivity index is 1.95. The molecule has 0 amide bonds. The van der Waals surface area contributed by atoms with Gasteiger partial charge < -0.3 is 19.5 Å². The fraction of sp³-hybridized carbons (Fsp3) is 0.400. The minimum absolute atomic E-state index is 0.0786. The summed E-state index contributed by atoms with van der Waals surface area (Å²) in [5, 5.41) is 12.7. The standard InChI is InChI=1S/C25H31NO4/c1-16(2)13-26(14-17(3)4)15-20-21(27)11-10-19-24(28)23(30-25(19)20)12-18-8-6-7-9-22(18)29-5/h6-12,16-17,27H,13-15H2,1-5H3. The van der Waals surface area contributed by atoms with E-state index in [1.165, 1.54) is 11.0 Å². The number of hydrogen-bond acceptors (Lipinski definition) is 4. The molecule has 0 saturated heterocycles. The summed E-state index contributed by atoms with van der Waals surface area (Å²) in [6.07, 6.45) is 1.68. The molecule has 0 atom stereocenters. The number of allylic oxidation sites excluding steroid dienone is 1. The quantitative estimate of drug-likeness (QED) is 0.681. The minimum Gasteiger partial charge on any atom is -0.872 e. The number of methoxy groups -OCH3 is 1. The first-order valence-corrected chi connectivity index (χ1v) is 10.5. The smallest absolute Gasteiger partial charge is 0.231 e. The maximum atomic E-state index is 13.0. The molecule has 0 radical (unpaired) electrons. The Kier molecular flexibility index (Phi) is 6.83. The lowest BCUT2D eigenvalue weighted by molar-refractivity contribution is -0.919. The first-order valence-electron chi connectivity index (χ1n) is 10.5. The van der Waals surface area contributed by atoms with E-state index >= 15 is 0 Å². The van der Waals surface area contributed by atoms with Crippen LogP contribution in [0.15, 0.2) is 42.2 Å². The number of ketones is 1. The normalized spacial score (nSPS) is 14.7. The van der Waals surface area contributed by atoms with E-state index in [0.29, 0.717) is 41.0 Å². The molecule has 0 bridgehead atoms. The minimum atomic E-state index is -0.202. The predicted octanol–water partition coefficient (Wildman–Crippen LogP) is 3.08. The van der Waals surface area contributed by atoms with Gasteiger partial charge in [-0.1, -0.05) is 57.7 Å². The molecule has 0 aliphatic carbocycles. The summed E-state index contributed by atoms with van der Waals surface area (Å²) >= 11 is 0. The molecule has 3 rings (SSSR count). The molecule has 0 aromatic heterocycles. The van der Waals surface area contributed by atoms with Gasteiger partial charge in [0.05, 0.1) is 25.8 Å². The van der Waals surface area contributed by atoms with Crippen LogP contribution < -0.4 is 19.5 Å². The second-order valence-corrected chi connectivity index (χ2v) is 8.72. The van der Waals surface area contributed by atoms with Crippen LogP contribution in [0.1, 0.15) is 49.2 Å². The van der Waals surface area contributed by atoms with Crippen LogP contribution in [-0.2, 0) is 6.54 Å². The van der Waals surface area contributed by atoms with Crippen molar-refractivity contribution in [3.63, 3.8) is 0 Å². The Morgan fingerprint density at radius 2 is 1.73 bits per heavy atom. The zero-order chi connectivity index (χ0) is 21.8. The van der Waals surface area contributed by atoms with Crippen molar-refractivity contribution in [3.05, 3.63) is 58.8 Å². The van der Waals surface area contributed by atoms with E-state index in [1.807, 2.05) is 24.3 Å². The molecule has 5 nitrogen and oxygen atoms in total. The van der Waals surface area contributed by atoms with E-state index in [-0.39, 0.29) is 17.3 Å². The molecule has 1 aliphatic heterocycles. The van der Waals surface area contributed by atoms with E-state index in [4.69, 9.17) is 9.47 Å². The SMILES string of the molecule is COc1ccccc1C=C1Oc2c(ccc([O-])c2C[NH+](CC(C)C)CC(C)C)C1=O. The van der Waals surface area contributed by atoms with Gasteiger partial charge in [0.15, 0.2) is 5.76 Å². The molecule has 0 spiro atoms. The molecule has 1 N–H and O–H groups in total. The van der Waals surface area contributed by atoms with Crippen molar-refractivity contribution in [2.45, 2.75) is 34.2 Å². The fourth-order valence-electron chi connectivity index (χ4n) is 4.02. The van der Waals surface area contributed by atoms with Gasteiger partial charge in [0.2, 0.25) is 5.78 Å². The zero-order valence-electron chi connectivity index (χ0n) is 18.5. The van der Waals surface area contributed by atoms with Gasteiger partial charge in [0, 0.05) is 23.0 Å². The van der Waals surface area contributed by atoms with E-state index in [2.05, 4.69) is 27.7 Å². The molecule has 30 heavy (non-hydrogen) atoms. The van der Waals surface area contributed by atoms with Crippen LogP contribution >= 0.6 is 0 Å². The highest BCUT2D eigenvalue weighted by atomic mass is 16.5. The molecule has 1 heterocycles. The third-order valence-electron chi connectivity index (χ3n) is 5.14. The number of carbonyl (C=O) groups excluding carboxylic acids is 1. The topological polar surface area (TPSA) is 63.0 Å². The number of nitrogens with one attached hydrogen (secondary N) is 1. The largest absolute Gasteiger partial charge is 0.872 e. The average molecular weight is 410 g/mol. The second kappa shape index (κ2) is 9.35.